The quantitative estimate of drug-likeness (QED) is 0.743. The minimum Gasteiger partial charge on any atom is -0.490 e. The number of hydrogen-bond donors (Lipinski definition) is 1. The van der Waals surface area contributed by atoms with Crippen molar-refractivity contribution in [3.05, 3.63) is 53.3 Å². The van der Waals surface area contributed by atoms with E-state index in [0.717, 1.165) is 18.6 Å². The maximum absolute atomic E-state index is 13.7. The molecule has 0 radical (unpaired) electrons. The Morgan fingerprint density at radius 2 is 1.76 bits per heavy atom. The second-order valence-electron chi connectivity index (χ2n) is 5.12. The second-order valence-corrected chi connectivity index (χ2v) is 5.12. The molecule has 0 spiro atoms. The molecule has 0 fully saturated rings. The summed E-state index contributed by atoms with van der Waals surface area (Å²) in [5.41, 5.74) is -0.287. The molecule has 1 N–H and O–H groups in total. The fourth-order valence-electron chi connectivity index (χ4n) is 2.07. The molecule has 0 aliphatic carbocycles. The smallest absolute Gasteiger partial charge is 0.255 e. The predicted molar refractivity (Wildman–Crippen MR) is 87.7 cm³/mol. The van der Waals surface area contributed by atoms with Crippen LogP contribution < -0.4 is 14.8 Å². The molecule has 7 heteroatoms. The standard InChI is InChI=1S/C18H18F3NO3/c1-3-9-25-14-8-5-11(10-15(14)24-4-2)18(23)22-13-7-6-12(19)16(20)17(13)21/h5-8,10H,3-4,9H2,1-2H3,(H,22,23). The van der Waals surface area contributed by atoms with Crippen LogP contribution in [0.5, 0.6) is 11.5 Å². The van der Waals surface area contributed by atoms with E-state index < -0.39 is 29.0 Å². The summed E-state index contributed by atoms with van der Waals surface area (Å²) >= 11 is 0. The van der Waals surface area contributed by atoms with Gasteiger partial charge in [-0.3, -0.25) is 4.79 Å². The highest BCUT2D eigenvalue weighted by atomic mass is 19.2. The Labute approximate surface area is 143 Å². The van der Waals surface area contributed by atoms with Crippen molar-refractivity contribution >= 4 is 11.6 Å². The van der Waals surface area contributed by atoms with Gasteiger partial charge in [0.15, 0.2) is 29.0 Å². The third-order valence-electron chi connectivity index (χ3n) is 3.25. The molecule has 0 atom stereocenters. The zero-order chi connectivity index (χ0) is 18.4. The van der Waals surface area contributed by atoms with E-state index in [2.05, 4.69) is 5.32 Å². The van der Waals surface area contributed by atoms with E-state index in [1.54, 1.807) is 13.0 Å². The lowest BCUT2D eigenvalue weighted by molar-refractivity contribution is 0.102. The van der Waals surface area contributed by atoms with Gasteiger partial charge in [-0.2, -0.15) is 0 Å². The average molecular weight is 353 g/mol. The van der Waals surface area contributed by atoms with Gasteiger partial charge in [-0.15, -0.1) is 0 Å². The molecule has 0 saturated carbocycles. The Kier molecular flexibility index (Phi) is 6.27. The summed E-state index contributed by atoms with van der Waals surface area (Å²) in [5.74, 6) is -4.26. The molecule has 25 heavy (non-hydrogen) atoms. The molecule has 2 rings (SSSR count). The van der Waals surface area contributed by atoms with Gasteiger partial charge in [-0.1, -0.05) is 6.92 Å². The van der Waals surface area contributed by atoms with Gasteiger partial charge in [-0.05, 0) is 43.7 Å². The molecule has 134 valence electrons. The summed E-state index contributed by atoms with van der Waals surface area (Å²) in [5, 5.41) is 2.21. The Morgan fingerprint density at radius 3 is 2.44 bits per heavy atom. The van der Waals surface area contributed by atoms with Gasteiger partial charge in [0.1, 0.15) is 0 Å². The van der Waals surface area contributed by atoms with E-state index in [1.807, 2.05) is 6.92 Å². The molecule has 2 aromatic rings. The van der Waals surface area contributed by atoms with Gasteiger partial charge in [0, 0.05) is 5.56 Å². The minimum atomic E-state index is -1.64. The lowest BCUT2D eigenvalue weighted by Gasteiger charge is -2.13. The summed E-state index contributed by atoms with van der Waals surface area (Å²) in [4.78, 5) is 12.3. The molecule has 0 aliphatic heterocycles. The number of amides is 1. The van der Waals surface area contributed by atoms with Crippen molar-refractivity contribution in [3.63, 3.8) is 0 Å². The molecular formula is C18H18F3NO3. The Hall–Kier alpha value is -2.70. The van der Waals surface area contributed by atoms with Crippen molar-refractivity contribution in [1.29, 1.82) is 0 Å². The van der Waals surface area contributed by atoms with E-state index in [9.17, 15) is 18.0 Å². The zero-order valence-corrected chi connectivity index (χ0v) is 13.9. The van der Waals surface area contributed by atoms with Crippen LogP contribution in [0.1, 0.15) is 30.6 Å². The molecule has 0 heterocycles. The number of nitrogens with one attached hydrogen (secondary N) is 1. The molecule has 0 unspecified atom stereocenters. The molecule has 0 saturated heterocycles. The highest BCUT2D eigenvalue weighted by Crippen LogP contribution is 2.29. The summed E-state index contributed by atoms with van der Waals surface area (Å²) < 4.78 is 50.8. The maximum Gasteiger partial charge on any atom is 0.255 e. The minimum absolute atomic E-state index is 0.163. The molecule has 0 aliphatic rings. The first-order valence-corrected chi connectivity index (χ1v) is 7.82. The lowest BCUT2D eigenvalue weighted by Crippen LogP contribution is -2.14. The van der Waals surface area contributed by atoms with Crippen molar-refractivity contribution in [3.8, 4) is 11.5 Å². The van der Waals surface area contributed by atoms with Crippen molar-refractivity contribution < 1.29 is 27.4 Å². The molecule has 0 bridgehead atoms. The van der Waals surface area contributed by atoms with Crippen LogP contribution >= 0.6 is 0 Å². The monoisotopic (exact) mass is 353 g/mol. The van der Waals surface area contributed by atoms with Crippen LogP contribution in [0.3, 0.4) is 0 Å². The molecule has 2 aromatic carbocycles. The Bertz CT molecular complexity index is 765. The van der Waals surface area contributed by atoms with Crippen molar-refractivity contribution in [2.45, 2.75) is 20.3 Å². The fourth-order valence-corrected chi connectivity index (χ4v) is 2.07. The molecule has 1 amide bonds. The third kappa shape index (κ3) is 4.43. The Morgan fingerprint density at radius 1 is 1.00 bits per heavy atom. The number of benzene rings is 2. The predicted octanol–water partition coefficient (Wildman–Crippen LogP) is 4.54. The van der Waals surface area contributed by atoms with Crippen molar-refractivity contribution in [2.75, 3.05) is 18.5 Å². The number of anilines is 1. The number of ether oxygens (including phenoxy) is 2. The Balaban J connectivity index is 2.24. The van der Waals surface area contributed by atoms with Crippen LogP contribution in [0, 0.1) is 17.5 Å². The average Bonchev–Trinajstić information content (AvgIpc) is 2.61. The van der Waals surface area contributed by atoms with Crippen LogP contribution in [0.4, 0.5) is 18.9 Å². The van der Waals surface area contributed by atoms with E-state index >= 15 is 0 Å². The van der Waals surface area contributed by atoms with E-state index in [0.29, 0.717) is 24.7 Å². The number of halogens is 3. The highest BCUT2D eigenvalue weighted by Gasteiger charge is 2.17. The van der Waals surface area contributed by atoms with E-state index in [-0.39, 0.29) is 5.56 Å². The lowest BCUT2D eigenvalue weighted by atomic mass is 10.1. The van der Waals surface area contributed by atoms with Gasteiger partial charge in [0.05, 0.1) is 18.9 Å². The summed E-state index contributed by atoms with van der Waals surface area (Å²) in [6, 6.07) is 6.18. The van der Waals surface area contributed by atoms with Crippen molar-refractivity contribution in [1.82, 2.24) is 0 Å². The maximum atomic E-state index is 13.7. The largest absolute Gasteiger partial charge is 0.490 e. The zero-order valence-electron chi connectivity index (χ0n) is 13.9. The number of rotatable bonds is 7. The van der Waals surface area contributed by atoms with Gasteiger partial charge in [0.25, 0.3) is 5.91 Å². The fraction of sp³-hybridized carbons (Fsp3) is 0.278. The molecule has 0 aromatic heterocycles. The van der Waals surface area contributed by atoms with Crippen LogP contribution in [0.2, 0.25) is 0 Å². The van der Waals surface area contributed by atoms with Gasteiger partial charge in [0.2, 0.25) is 0 Å². The SMILES string of the molecule is CCCOc1ccc(C(=O)Nc2ccc(F)c(F)c2F)cc1OCC. The first-order chi connectivity index (χ1) is 12.0. The normalized spacial score (nSPS) is 10.4. The first-order valence-electron chi connectivity index (χ1n) is 7.82. The highest BCUT2D eigenvalue weighted by molar-refractivity contribution is 6.04. The summed E-state index contributed by atoms with van der Waals surface area (Å²) in [6.45, 7) is 4.60. The number of carbonyl (C=O) groups excluding carboxylic acids is 1. The third-order valence-corrected chi connectivity index (χ3v) is 3.25. The van der Waals surface area contributed by atoms with Crippen molar-refractivity contribution in [2.24, 2.45) is 0 Å². The first kappa shape index (κ1) is 18.6. The van der Waals surface area contributed by atoms with E-state index in [1.165, 1.54) is 12.1 Å². The number of hydrogen-bond acceptors (Lipinski definition) is 3. The molecule has 4 nitrogen and oxygen atoms in total. The number of carbonyl (C=O) groups is 1. The summed E-state index contributed by atoms with van der Waals surface area (Å²) in [7, 11) is 0. The van der Waals surface area contributed by atoms with Gasteiger partial charge < -0.3 is 14.8 Å². The van der Waals surface area contributed by atoms with Gasteiger partial charge >= 0.3 is 0 Å². The summed E-state index contributed by atoms with van der Waals surface area (Å²) in [6.07, 6.45) is 0.809. The van der Waals surface area contributed by atoms with Crippen LogP contribution in [0.25, 0.3) is 0 Å². The van der Waals surface area contributed by atoms with Gasteiger partial charge in [-0.25, -0.2) is 13.2 Å². The van der Waals surface area contributed by atoms with E-state index in [4.69, 9.17) is 9.47 Å². The van der Waals surface area contributed by atoms with Crippen LogP contribution in [0.15, 0.2) is 30.3 Å². The second kappa shape index (κ2) is 8.41. The molecular weight excluding hydrogens is 335 g/mol. The van der Waals surface area contributed by atoms with Crippen LogP contribution in [-0.2, 0) is 0 Å². The van der Waals surface area contributed by atoms with Crippen LogP contribution in [-0.4, -0.2) is 19.1 Å². The topological polar surface area (TPSA) is 47.6 Å².